The van der Waals surface area contributed by atoms with E-state index in [4.69, 9.17) is 0 Å². The van der Waals surface area contributed by atoms with Gasteiger partial charge in [0.05, 0.1) is 45.1 Å². The van der Waals surface area contributed by atoms with Crippen LogP contribution in [0.25, 0.3) is 186 Å². The first-order chi connectivity index (χ1) is 67.7. The minimum atomic E-state index is 0. The van der Waals surface area contributed by atoms with Crippen LogP contribution in [-0.4, -0.2) is 4.98 Å². The van der Waals surface area contributed by atoms with Gasteiger partial charge < -0.3 is 0 Å². The van der Waals surface area contributed by atoms with Crippen molar-refractivity contribution >= 4 is 129 Å². The fourth-order valence-electron chi connectivity index (χ4n) is 18.0. The summed E-state index contributed by atoms with van der Waals surface area (Å²) >= 11 is 0. The molecule has 22 aromatic rings. The van der Waals surface area contributed by atoms with Crippen LogP contribution < -0.4 is 22.8 Å². The molecule has 139 heavy (non-hydrogen) atoms. The van der Waals surface area contributed by atoms with E-state index in [9.17, 15) is 0 Å². The first-order valence-corrected chi connectivity index (χ1v) is 50.8. The summed E-state index contributed by atoms with van der Waals surface area (Å²) < 4.78 is 11.1. The molecule has 5 aromatic heterocycles. The molecule has 5 heterocycles. The lowest BCUT2D eigenvalue weighted by Crippen LogP contribution is -2.31. The number of aromatic nitrogens is 6. The molecule has 714 valence electrons. The van der Waals surface area contributed by atoms with Gasteiger partial charge >= 0.3 is 0 Å². The summed E-state index contributed by atoms with van der Waals surface area (Å²) in [6.07, 6.45) is 10.6. The Morgan fingerprint density at radius 3 is 0.791 bits per heavy atom. The van der Waals surface area contributed by atoms with Gasteiger partial charge in [-0.1, -0.05) is 425 Å². The first-order valence-electron chi connectivity index (χ1n) is 50.8. The molecule has 0 radical (unpaired) electrons. The average Bonchev–Trinajstić information content (AvgIpc) is 0.761. The number of nitrogens with zero attached hydrogens (tertiary/aromatic N) is 6. The number of benzene rings is 17. The monoisotopic (exact) mass is 1840 g/mol. The van der Waals surface area contributed by atoms with E-state index in [1.54, 1.807) is 0 Å². The smallest absolute Gasteiger partial charge is 0.232 e. The fourth-order valence-corrected chi connectivity index (χ4v) is 18.0. The van der Waals surface area contributed by atoms with Crippen LogP contribution in [0.5, 0.6) is 0 Å². The molecule has 6 heteroatoms. The maximum atomic E-state index is 4.61. The minimum Gasteiger partial charge on any atom is -0.232 e. The third-order valence-corrected chi connectivity index (χ3v) is 24.1. The van der Waals surface area contributed by atoms with Gasteiger partial charge in [-0.15, -0.1) is 0 Å². The second-order valence-corrected chi connectivity index (χ2v) is 31.4. The normalized spacial score (nSPS) is 10.0. The molecule has 0 bridgehead atoms. The Kier molecular flexibility index (Phi) is 45.2. The van der Waals surface area contributed by atoms with Crippen molar-refractivity contribution in [1.82, 2.24) is 4.98 Å². The summed E-state index contributed by atoms with van der Waals surface area (Å²) in [5.41, 5.74) is 20.4. The molecule has 0 aliphatic carbocycles. The molecule has 0 fully saturated rings. The van der Waals surface area contributed by atoms with Gasteiger partial charge in [-0.25, -0.2) is 22.8 Å². The topological polar surface area (TPSA) is 32.3 Å². The Balaban J connectivity index is 0.000000226. The molecule has 0 unspecified atom stereocenters. The van der Waals surface area contributed by atoms with Gasteiger partial charge in [0.15, 0.2) is 30.3 Å². The highest BCUT2D eigenvalue weighted by Gasteiger charge is 2.25. The minimum absolute atomic E-state index is 0. The highest BCUT2D eigenvalue weighted by molar-refractivity contribution is 6.16. The van der Waals surface area contributed by atoms with E-state index in [1.165, 1.54) is 208 Å². The van der Waals surface area contributed by atoms with Crippen LogP contribution in [0, 0.1) is 34.6 Å². The van der Waals surface area contributed by atoms with Crippen molar-refractivity contribution in [3.05, 3.63) is 411 Å². The Morgan fingerprint density at radius 2 is 0.417 bits per heavy atom. The largest absolute Gasteiger partial charge is 0.287 e. The van der Waals surface area contributed by atoms with Crippen LogP contribution in [0.15, 0.2) is 383 Å². The maximum Gasteiger partial charge on any atom is 0.287 e. The Bertz CT molecular complexity index is 7630. The molecule has 0 saturated heterocycles. The van der Waals surface area contributed by atoms with Crippen LogP contribution in [0.2, 0.25) is 0 Å². The molecule has 6 nitrogen and oxygen atoms in total. The molecule has 22 rings (SSSR count). The predicted octanol–water partition coefficient (Wildman–Crippen LogP) is 36.6. The van der Waals surface area contributed by atoms with Gasteiger partial charge in [0.25, 0.3) is 6.33 Å². The molecule has 0 spiro atoms. The van der Waals surface area contributed by atoms with Crippen molar-refractivity contribution in [2.75, 3.05) is 0 Å². The summed E-state index contributed by atoms with van der Waals surface area (Å²) in [5.74, 6) is 0. The lowest BCUT2D eigenvalue weighted by atomic mass is 9.93. The molecule has 0 atom stereocenters. The van der Waals surface area contributed by atoms with Gasteiger partial charge in [-0.2, -0.15) is 0 Å². The number of hydrogen-bond acceptors (Lipinski definition) is 1. The summed E-state index contributed by atoms with van der Waals surface area (Å²) in [5, 5.41) is 29.7. The van der Waals surface area contributed by atoms with Crippen LogP contribution in [0.1, 0.15) is 174 Å². The highest BCUT2D eigenvalue weighted by atomic mass is 15.0. The van der Waals surface area contributed by atoms with Crippen LogP contribution in [0.4, 0.5) is 0 Å². The Morgan fingerprint density at radius 1 is 0.173 bits per heavy atom. The summed E-state index contributed by atoms with van der Waals surface area (Å²) in [6.45, 7) is 51.0. The van der Waals surface area contributed by atoms with E-state index in [0.717, 1.165) is 5.52 Å². The van der Waals surface area contributed by atoms with E-state index >= 15 is 0 Å². The zero-order valence-corrected chi connectivity index (χ0v) is 88.6. The van der Waals surface area contributed by atoms with Crippen molar-refractivity contribution in [3.63, 3.8) is 0 Å². The van der Waals surface area contributed by atoms with E-state index < -0.39 is 0 Å². The standard InChI is InChI=1S/2C25H20N.2C21H18N.C20H17N2.10C2H6.CH4/c1-17-20-9-5-3-7-18(20)11-13-21(17)25-24-14-12-19-8-4-6-10-22(19)23(24)15-16-26(25)2;1-17-21-9-5-3-7-18(21)13-14-22(17)25-24-20(15-16-26(25)2)12-11-19-8-4-6-10-23(19)24;1-15-7-3-5-9-18(15)21-20-17(13-14-22(21)2)12-11-16-8-4-6-10-19(16)20;1-15-7-3-5-9-17(15)21-20-12-11-16-8-4-6-10-18(16)19(20)13-14-22(21)2;1-14-7-3-6-10-17(14)20-18-11-15-8-4-5-9-16(15)12-19(18)21-13-22(20)2;10*1-2;/h2*3-16H,1-2H3;2*3-14H,1-2H3;3-13H,1-2H3;10*1-2H3;1H4/q5*+1;;;;;;;;;;;. The second kappa shape index (κ2) is 56.3. The number of fused-ring (bicyclic) bond motifs is 16. The quantitative estimate of drug-likeness (QED) is 0.0960. The van der Waals surface area contributed by atoms with Gasteiger partial charge in [0.2, 0.25) is 22.8 Å². The second-order valence-electron chi connectivity index (χ2n) is 31.4. The summed E-state index contributed by atoms with van der Waals surface area (Å²) in [4.78, 5) is 4.61. The fraction of sp³-hybridized carbons (Fsp3) is 0.233. The van der Waals surface area contributed by atoms with E-state index in [-0.39, 0.29) is 7.43 Å². The molecule has 0 saturated carbocycles. The van der Waals surface area contributed by atoms with Gasteiger partial charge in [0, 0.05) is 51.7 Å². The molecule has 0 N–H and O–H groups in total. The first kappa shape index (κ1) is 112. The SMILES string of the molecule is C.CC.CC.CC.CC.CC.CC.CC.CC.CC.CC.Cc1c(-c2c3c(ccc4ccccc43)cc[n+]2C)ccc2ccccc12.Cc1c(-c2c3ccc4ccccc4c3cc[n+]2C)ccc2ccccc12.Cc1ccccc1-c1c2c(ccc3ccccc32)cc[n+]1C.Cc1ccccc1-c1c2cc3ccccc3cc2nc[n+]1C.Cc1ccccc1-c1c2ccc3ccccc3c2cc[n+]1C. The predicted molar refractivity (Wildman–Crippen MR) is 617 cm³/mol. The van der Waals surface area contributed by atoms with Gasteiger partial charge in [0.1, 0.15) is 33.9 Å². The Labute approximate surface area is 834 Å². The average molecular weight is 1840 g/mol. The molecule has 17 aromatic carbocycles. The van der Waals surface area contributed by atoms with Crippen LogP contribution >= 0.6 is 0 Å². The van der Waals surface area contributed by atoms with Crippen LogP contribution in [0.3, 0.4) is 0 Å². The molecule has 0 aliphatic rings. The van der Waals surface area contributed by atoms with E-state index in [1.807, 2.05) is 145 Å². The zero-order valence-electron chi connectivity index (χ0n) is 88.6. The summed E-state index contributed by atoms with van der Waals surface area (Å²) in [7, 11) is 10.6. The number of pyridine rings is 4. The zero-order chi connectivity index (χ0) is 101. The van der Waals surface area contributed by atoms with Gasteiger partial charge in [-0.3, -0.25) is 0 Å². The molecule has 0 amide bonds. The van der Waals surface area contributed by atoms with Crippen molar-refractivity contribution in [1.29, 1.82) is 0 Å². The number of aryl methyl sites for hydroxylation is 10. The molecular weight excluding hydrogens is 1680 g/mol. The van der Waals surface area contributed by atoms with Crippen molar-refractivity contribution in [2.24, 2.45) is 35.2 Å². The summed E-state index contributed by atoms with van der Waals surface area (Å²) in [6, 6.07) is 126. The number of rotatable bonds is 5. The maximum absolute atomic E-state index is 4.61. The van der Waals surface area contributed by atoms with E-state index in [0.29, 0.717) is 0 Å². The lowest BCUT2D eigenvalue weighted by molar-refractivity contribution is -0.662. The molecular formula is C133H157N6+5. The number of hydrogen-bond donors (Lipinski definition) is 0. The Hall–Kier alpha value is -14.5. The van der Waals surface area contributed by atoms with Crippen molar-refractivity contribution in [2.45, 2.75) is 181 Å². The molecule has 0 aliphatic heterocycles. The van der Waals surface area contributed by atoms with Crippen molar-refractivity contribution in [3.8, 4) is 56.3 Å². The van der Waals surface area contributed by atoms with Gasteiger partial charge in [-0.05, 0) is 202 Å². The third kappa shape index (κ3) is 24.9. The van der Waals surface area contributed by atoms with Crippen LogP contribution in [-0.2, 0) is 35.2 Å². The van der Waals surface area contributed by atoms with E-state index in [2.05, 4.69) is 474 Å². The highest BCUT2D eigenvalue weighted by Crippen LogP contribution is 2.40. The third-order valence-electron chi connectivity index (χ3n) is 24.1. The lowest BCUT2D eigenvalue weighted by Gasteiger charge is -2.12. The van der Waals surface area contributed by atoms with Crippen molar-refractivity contribution < 1.29 is 22.8 Å².